The summed E-state index contributed by atoms with van der Waals surface area (Å²) in [4.78, 5) is 0. The Morgan fingerprint density at radius 1 is 1.70 bits per heavy atom. The molecule has 0 aromatic carbocycles. The van der Waals surface area contributed by atoms with Crippen LogP contribution in [0, 0.1) is 5.92 Å². The zero-order valence-electron chi connectivity index (χ0n) is 6.59. The second-order valence-electron chi connectivity index (χ2n) is 2.87. The lowest BCUT2D eigenvalue weighted by Crippen LogP contribution is -2.02. The fourth-order valence-corrected chi connectivity index (χ4v) is 1.39. The molecule has 1 nitrogen and oxygen atoms in total. The molecule has 1 heteroatoms. The SMILES string of the molecule is CC(O)=C1CCC=CC1C. The monoisotopic (exact) mass is 138 g/mol. The summed E-state index contributed by atoms with van der Waals surface area (Å²) in [5, 5.41) is 9.19. The standard InChI is InChI=1S/C9H14O/c1-7-5-3-4-6-9(7)8(2)10/h3,5,7,10H,4,6H2,1-2H3. The molecular weight excluding hydrogens is 124 g/mol. The number of aliphatic hydroxyl groups excluding tert-OH is 1. The molecule has 0 aliphatic heterocycles. The molecule has 0 aromatic heterocycles. The molecule has 0 spiro atoms. The van der Waals surface area contributed by atoms with Crippen molar-refractivity contribution in [1.29, 1.82) is 0 Å². The zero-order chi connectivity index (χ0) is 7.56. The molecule has 1 N–H and O–H groups in total. The van der Waals surface area contributed by atoms with E-state index in [1.807, 2.05) is 0 Å². The number of allylic oxidation sites excluding steroid dienone is 4. The lowest BCUT2D eigenvalue weighted by molar-refractivity contribution is 0.396. The maximum absolute atomic E-state index is 9.19. The first kappa shape index (κ1) is 7.39. The number of hydrogen-bond donors (Lipinski definition) is 1. The molecule has 1 unspecified atom stereocenters. The van der Waals surface area contributed by atoms with Crippen molar-refractivity contribution in [2.45, 2.75) is 26.7 Å². The Hall–Kier alpha value is -0.720. The van der Waals surface area contributed by atoms with Crippen molar-refractivity contribution in [3.8, 4) is 0 Å². The fraction of sp³-hybridized carbons (Fsp3) is 0.556. The van der Waals surface area contributed by atoms with E-state index in [-0.39, 0.29) is 0 Å². The van der Waals surface area contributed by atoms with Gasteiger partial charge >= 0.3 is 0 Å². The van der Waals surface area contributed by atoms with Gasteiger partial charge in [-0.05, 0) is 31.3 Å². The van der Waals surface area contributed by atoms with Gasteiger partial charge in [-0.25, -0.2) is 0 Å². The van der Waals surface area contributed by atoms with Gasteiger partial charge in [-0.1, -0.05) is 19.1 Å². The summed E-state index contributed by atoms with van der Waals surface area (Å²) in [6.45, 7) is 3.88. The second-order valence-corrected chi connectivity index (χ2v) is 2.87. The third kappa shape index (κ3) is 1.41. The van der Waals surface area contributed by atoms with Gasteiger partial charge in [0.2, 0.25) is 0 Å². The third-order valence-corrected chi connectivity index (χ3v) is 2.02. The van der Waals surface area contributed by atoms with Gasteiger partial charge in [-0.15, -0.1) is 0 Å². The van der Waals surface area contributed by atoms with E-state index in [4.69, 9.17) is 0 Å². The van der Waals surface area contributed by atoms with Crippen molar-refractivity contribution in [2.24, 2.45) is 5.92 Å². The molecule has 0 bridgehead atoms. The summed E-state index contributed by atoms with van der Waals surface area (Å²) in [5.74, 6) is 0.954. The van der Waals surface area contributed by atoms with E-state index >= 15 is 0 Å². The molecule has 0 saturated heterocycles. The van der Waals surface area contributed by atoms with Gasteiger partial charge in [0, 0.05) is 0 Å². The van der Waals surface area contributed by atoms with Crippen LogP contribution in [0.4, 0.5) is 0 Å². The Bertz CT molecular complexity index is 173. The Balaban J connectivity index is 2.80. The maximum atomic E-state index is 9.19. The summed E-state index contributed by atoms with van der Waals surface area (Å²) < 4.78 is 0. The topological polar surface area (TPSA) is 20.2 Å². The van der Waals surface area contributed by atoms with Crippen LogP contribution < -0.4 is 0 Å². The van der Waals surface area contributed by atoms with Gasteiger partial charge in [0.15, 0.2) is 0 Å². The molecule has 1 aliphatic carbocycles. The highest BCUT2D eigenvalue weighted by Gasteiger charge is 2.11. The molecule has 1 atom stereocenters. The predicted molar refractivity (Wildman–Crippen MR) is 42.9 cm³/mol. The van der Waals surface area contributed by atoms with E-state index in [0.29, 0.717) is 11.7 Å². The van der Waals surface area contributed by atoms with Gasteiger partial charge in [-0.3, -0.25) is 0 Å². The van der Waals surface area contributed by atoms with Crippen molar-refractivity contribution < 1.29 is 5.11 Å². The Labute approximate surface area is 62.1 Å². The van der Waals surface area contributed by atoms with Crippen molar-refractivity contribution in [3.63, 3.8) is 0 Å². The normalized spacial score (nSPS) is 30.4. The van der Waals surface area contributed by atoms with Crippen LogP contribution >= 0.6 is 0 Å². The molecule has 10 heavy (non-hydrogen) atoms. The highest BCUT2D eigenvalue weighted by molar-refractivity contribution is 5.18. The first-order valence-corrected chi connectivity index (χ1v) is 3.77. The number of aliphatic hydroxyl groups is 1. The van der Waals surface area contributed by atoms with Crippen molar-refractivity contribution in [3.05, 3.63) is 23.5 Å². The first-order chi connectivity index (χ1) is 4.72. The van der Waals surface area contributed by atoms with Crippen molar-refractivity contribution in [2.75, 3.05) is 0 Å². The molecule has 0 radical (unpaired) electrons. The van der Waals surface area contributed by atoms with Crippen LogP contribution in [-0.4, -0.2) is 5.11 Å². The minimum Gasteiger partial charge on any atom is -0.513 e. The molecule has 0 saturated carbocycles. The van der Waals surface area contributed by atoms with Gasteiger partial charge in [0.25, 0.3) is 0 Å². The minimum absolute atomic E-state index is 0.443. The van der Waals surface area contributed by atoms with Crippen LogP contribution in [0.15, 0.2) is 23.5 Å². The Morgan fingerprint density at radius 3 is 2.80 bits per heavy atom. The van der Waals surface area contributed by atoms with Crippen LogP contribution in [-0.2, 0) is 0 Å². The maximum Gasteiger partial charge on any atom is 0.0889 e. The van der Waals surface area contributed by atoms with E-state index in [9.17, 15) is 5.11 Å². The summed E-state index contributed by atoms with van der Waals surface area (Å²) in [7, 11) is 0. The second kappa shape index (κ2) is 2.91. The van der Waals surface area contributed by atoms with Crippen LogP contribution in [0.25, 0.3) is 0 Å². The average molecular weight is 138 g/mol. The Morgan fingerprint density at radius 2 is 2.40 bits per heavy atom. The summed E-state index contributed by atoms with van der Waals surface area (Å²) >= 11 is 0. The van der Waals surface area contributed by atoms with E-state index < -0.39 is 0 Å². The average Bonchev–Trinajstić information content (AvgIpc) is 1.88. The van der Waals surface area contributed by atoms with Crippen molar-refractivity contribution >= 4 is 0 Å². The molecule has 0 amide bonds. The quantitative estimate of drug-likeness (QED) is 0.403. The van der Waals surface area contributed by atoms with Crippen LogP contribution in [0.2, 0.25) is 0 Å². The van der Waals surface area contributed by atoms with Crippen LogP contribution in [0.3, 0.4) is 0 Å². The van der Waals surface area contributed by atoms with Crippen molar-refractivity contribution in [1.82, 2.24) is 0 Å². The molecular formula is C9H14O. The lowest BCUT2D eigenvalue weighted by Gasteiger charge is -2.16. The minimum atomic E-state index is 0.443. The van der Waals surface area contributed by atoms with Gasteiger partial charge in [0.05, 0.1) is 5.76 Å². The molecule has 1 rings (SSSR count). The summed E-state index contributed by atoms with van der Waals surface area (Å²) in [6.07, 6.45) is 6.44. The molecule has 0 fully saturated rings. The molecule has 0 aromatic rings. The fourth-order valence-electron chi connectivity index (χ4n) is 1.39. The largest absolute Gasteiger partial charge is 0.513 e. The predicted octanol–water partition coefficient (Wildman–Crippen LogP) is 2.80. The van der Waals surface area contributed by atoms with Gasteiger partial charge < -0.3 is 5.11 Å². The van der Waals surface area contributed by atoms with Crippen LogP contribution in [0.1, 0.15) is 26.7 Å². The van der Waals surface area contributed by atoms with Gasteiger partial charge in [0.1, 0.15) is 0 Å². The molecule has 1 aliphatic rings. The van der Waals surface area contributed by atoms with Gasteiger partial charge in [-0.2, -0.15) is 0 Å². The third-order valence-electron chi connectivity index (χ3n) is 2.02. The highest BCUT2D eigenvalue weighted by atomic mass is 16.3. The molecule has 56 valence electrons. The highest BCUT2D eigenvalue weighted by Crippen LogP contribution is 2.25. The van der Waals surface area contributed by atoms with Crippen LogP contribution in [0.5, 0.6) is 0 Å². The number of rotatable bonds is 0. The van der Waals surface area contributed by atoms with E-state index in [2.05, 4.69) is 19.1 Å². The summed E-state index contributed by atoms with van der Waals surface area (Å²) in [5.41, 5.74) is 1.20. The van der Waals surface area contributed by atoms with E-state index in [0.717, 1.165) is 12.8 Å². The summed E-state index contributed by atoms with van der Waals surface area (Å²) in [6, 6.07) is 0. The Kier molecular flexibility index (Phi) is 2.15. The van der Waals surface area contributed by atoms with E-state index in [1.54, 1.807) is 6.92 Å². The smallest absolute Gasteiger partial charge is 0.0889 e. The zero-order valence-corrected chi connectivity index (χ0v) is 6.59. The number of hydrogen-bond acceptors (Lipinski definition) is 1. The van der Waals surface area contributed by atoms with E-state index in [1.165, 1.54) is 5.57 Å². The molecule has 0 heterocycles. The first-order valence-electron chi connectivity index (χ1n) is 3.77. The lowest BCUT2D eigenvalue weighted by atomic mass is 9.91.